The molecule has 22 heavy (non-hydrogen) atoms. The molecule has 2 fully saturated rings. The van der Waals surface area contributed by atoms with Gasteiger partial charge >= 0.3 is 0 Å². The second-order valence-corrected chi connectivity index (χ2v) is 6.24. The van der Waals surface area contributed by atoms with Crippen LogP contribution in [0.3, 0.4) is 0 Å². The number of aromatic nitrogens is 3. The summed E-state index contributed by atoms with van der Waals surface area (Å²) < 4.78 is 10.4. The van der Waals surface area contributed by atoms with E-state index in [1.54, 1.807) is 0 Å². The monoisotopic (exact) mass is 302 g/mol. The maximum atomic E-state index is 12.3. The molecule has 2 aliphatic rings. The van der Waals surface area contributed by atoms with Crippen molar-refractivity contribution in [2.24, 2.45) is 0 Å². The lowest BCUT2D eigenvalue weighted by Gasteiger charge is -2.37. The number of hydrogen-bond donors (Lipinski definition) is 0. The molecule has 2 aromatic heterocycles. The molecule has 0 spiro atoms. The Kier molecular flexibility index (Phi) is 3.02. The van der Waals surface area contributed by atoms with Gasteiger partial charge in [0.05, 0.1) is 18.0 Å². The standard InChI is InChI=1S/C15H18N4O3/c1-8-12(9(2)21-17-8)5-13(20)19-6-11(7-19)15-16-14(18-22-15)10-3-4-10/h10-11H,3-7H2,1-2H3. The highest BCUT2D eigenvalue weighted by Gasteiger charge is 2.37. The van der Waals surface area contributed by atoms with E-state index in [-0.39, 0.29) is 11.8 Å². The van der Waals surface area contributed by atoms with Crippen LogP contribution in [0.1, 0.15) is 53.4 Å². The summed E-state index contributed by atoms with van der Waals surface area (Å²) in [4.78, 5) is 18.6. The number of amides is 1. The van der Waals surface area contributed by atoms with Crippen molar-refractivity contribution in [3.8, 4) is 0 Å². The first-order valence-corrected chi connectivity index (χ1v) is 7.65. The summed E-state index contributed by atoms with van der Waals surface area (Å²) in [5.41, 5.74) is 1.68. The maximum absolute atomic E-state index is 12.3. The number of carbonyl (C=O) groups is 1. The molecule has 7 nitrogen and oxygen atoms in total. The fraction of sp³-hybridized carbons (Fsp3) is 0.600. The van der Waals surface area contributed by atoms with Gasteiger partial charge in [-0.1, -0.05) is 10.3 Å². The Morgan fingerprint density at radius 2 is 1.95 bits per heavy atom. The SMILES string of the molecule is Cc1noc(C)c1CC(=O)N1CC(c2nc(C3CC3)no2)C1. The third-order valence-corrected chi connectivity index (χ3v) is 4.49. The molecule has 4 rings (SSSR count). The van der Waals surface area contributed by atoms with Gasteiger partial charge in [-0.25, -0.2) is 0 Å². The van der Waals surface area contributed by atoms with Crippen molar-refractivity contribution >= 4 is 5.91 Å². The van der Waals surface area contributed by atoms with Crippen LogP contribution < -0.4 is 0 Å². The Morgan fingerprint density at radius 3 is 2.59 bits per heavy atom. The van der Waals surface area contributed by atoms with Gasteiger partial charge in [0, 0.05) is 24.6 Å². The number of carbonyl (C=O) groups excluding carboxylic acids is 1. The smallest absolute Gasteiger partial charge is 0.233 e. The van der Waals surface area contributed by atoms with Crippen molar-refractivity contribution < 1.29 is 13.8 Å². The van der Waals surface area contributed by atoms with E-state index in [4.69, 9.17) is 9.05 Å². The first kappa shape index (κ1) is 13.5. The van der Waals surface area contributed by atoms with Crippen molar-refractivity contribution in [2.45, 2.75) is 44.9 Å². The number of nitrogens with zero attached hydrogens (tertiary/aromatic N) is 4. The Balaban J connectivity index is 1.35. The zero-order chi connectivity index (χ0) is 15.3. The zero-order valence-electron chi connectivity index (χ0n) is 12.7. The number of likely N-dealkylation sites (tertiary alicyclic amines) is 1. The Hall–Kier alpha value is -2.18. The highest BCUT2D eigenvalue weighted by molar-refractivity contribution is 5.80. The van der Waals surface area contributed by atoms with E-state index in [2.05, 4.69) is 15.3 Å². The van der Waals surface area contributed by atoms with Crippen LogP contribution in [-0.2, 0) is 11.2 Å². The summed E-state index contributed by atoms with van der Waals surface area (Å²) in [5, 5.41) is 7.91. The minimum atomic E-state index is 0.0904. The van der Waals surface area contributed by atoms with Crippen molar-refractivity contribution in [3.63, 3.8) is 0 Å². The third kappa shape index (κ3) is 2.30. The maximum Gasteiger partial charge on any atom is 0.233 e. The topological polar surface area (TPSA) is 85.3 Å². The van der Waals surface area contributed by atoms with Crippen LogP contribution in [0.5, 0.6) is 0 Å². The van der Waals surface area contributed by atoms with Gasteiger partial charge < -0.3 is 13.9 Å². The molecule has 0 unspecified atom stereocenters. The average molecular weight is 302 g/mol. The first-order valence-electron chi connectivity index (χ1n) is 7.65. The van der Waals surface area contributed by atoms with E-state index in [9.17, 15) is 4.79 Å². The van der Waals surface area contributed by atoms with Crippen LogP contribution in [0.15, 0.2) is 9.05 Å². The van der Waals surface area contributed by atoms with E-state index in [0.29, 0.717) is 37.1 Å². The van der Waals surface area contributed by atoms with Crippen LogP contribution in [0.4, 0.5) is 0 Å². The second kappa shape index (κ2) is 4.93. The van der Waals surface area contributed by atoms with Gasteiger partial charge in [-0.2, -0.15) is 4.98 Å². The summed E-state index contributed by atoms with van der Waals surface area (Å²) in [7, 11) is 0. The minimum absolute atomic E-state index is 0.0904. The molecule has 0 N–H and O–H groups in total. The molecule has 1 amide bonds. The molecule has 1 saturated heterocycles. The van der Waals surface area contributed by atoms with Crippen molar-refractivity contribution in [1.29, 1.82) is 0 Å². The van der Waals surface area contributed by atoms with Gasteiger partial charge in [0.2, 0.25) is 11.8 Å². The molecule has 1 aliphatic heterocycles. The lowest BCUT2D eigenvalue weighted by Crippen LogP contribution is -2.49. The molecule has 0 atom stereocenters. The van der Waals surface area contributed by atoms with Crippen LogP contribution in [0, 0.1) is 13.8 Å². The molecule has 116 valence electrons. The molecular formula is C15H18N4O3. The van der Waals surface area contributed by atoms with E-state index in [1.165, 1.54) is 0 Å². The molecular weight excluding hydrogens is 284 g/mol. The molecule has 1 saturated carbocycles. The van der Waals surface area contributed by atoms with Crippen molar-refractivity contribution in [1.82, 2.24) is 20.2 Å². The quantitative estimate of drug-likeness (QED) is 0.855. The molecule has 2 aromatic rings. The molecule has 7 heteroatoms. The lowest BCUT2D eigenvalue weighted by molar-refractivity contribution is -0.135. The lowest BCUT2D eigenvalue weighted by atomic mass is 9.98. The van der Waals surface area contributed by atoms with Crippen LogP contribution in [-0.4, -0.2) is 39.2 Å². The summed E-state index contributed by atoms with van der Waals surface area (Å²) in [6.45, 7) is 4.98. The van der Waals surface area contributed by atoms with Gasteiger partial charge in [0.1, 0.15) is 5.76 Å². The number of hydrogen-bond acceptors (Lipinski definition) is 6. The summed E-state index contributed by atoms with van der Waals surface area (Å²) >= 11 is 0. The predicted octanol–water partition coefficient (Wildman–Crippen LogP) is 1.72. The molecule has 0 bridgehead atoms. The van der Waals surface area contributed by atoms with Crippen LogP contribution >= 0.6 is 0 Å². The number of rotatable bonds is 4. The van der Waals surface area contributed by atoms with E-state index in [1.807, 2.05) is 18.7 Å². The van der Waals surface area contributed by atoms with Crippen molar-refractivity contribution in [3.05, 3.63) is 28.7 Å². The van der Waals surface area contributed by atoms with Gasteiger partial charge in [-0.3, -0.25) is 4.79 Å². The van der Waals surface area contributed by atoms with Gasteiger partial charge in [-0.05, 0) is 26.7 Å². The summed E-state index contributed by atoms with van der Waals surface area (Å²) in [6.07, 6.45) is 2.66. The normalized spacial score (nSPS) is 18.5. The fourth-order valence-electron chi connectivity index (χ4n) is 2.78. The molecule has 0 radical (unpaired) electrons. The number of aryl methyl sites for hydroxylation is 2. The van der Waals surface area contributed by atoms with E-state index < -0.39 is 0 Å². The van der Waals surface area contributed by atoms with E-state index in [0.717, 1.165) is 29.9 Å². The van der Waals surface area contributed by atoms with E-state index >= 15 is 0 Å². The summed E-state index contributed by atoms with van der Waals surface area (Å²) in [5.74, 6) is 2.98. The van der Waals surface area contributed by atoms with Gasteiger partial charge in [-0.15, -0.1) is 0 Å². The predicted molar refractivity (Wildman–Crippen MR) is 75.3 cm³/mol. The molecule has 1 aliphatic carbocycles. The second-order valence-electron chi connectivity index (χ2n) is 6.24. The first-order chi connectivity index (χ1) is 10.6. The highest BCUT2D eigenvalue weighted by Crippen LogP contribution is 2.39. The average Bonchev–Trinajstić information content (AvgIpc) is 3.12. The van der Waals surface area contributed by atoms with Crippen molar-refractivity contribution in [2.75, 3.05) is 13.1 Å². The zero-order valence-corrected chi connectivity index (χ0v) is 12.7. The molecule has 0 aromatic carbocycles. The van der Waals surface area contributed by atoms with Crippen LogP contribution in [0.25, 0.3) is 0 Å². The molecule has 3 heterocycles. The largest absolute Gasteiger partial charge is 0.361 e. The highest BCUT2D eigenvalue weighted by atomic mass is 16.5. The Labute approximate surface area is 127 Å². The van der Waals surface area contributed by atoms with Gasteiger partial charge in [0.15, 0.2) is 5.82 Å². The minimum Gasteiger partial charge on any atom is -0.361 e. The Bertz CT molecular complexity index is 691. The summed E-state index contributed by atoms with van der Waals surface area (Å²) in [6, 6.07) is 0. The fourth-order valence-corrected chi connectivity index (χ4v) is 2.78. The third-order valence-electron chi connectivity index (χ3n) is 4.49. The van der Waals surface area contributed by atoms with Crippen LogP contribution in [0.2, 0.25) is 0 Å². The van der Waals surface area contributed by atoms with Gasteiger partial charge in [0.25, 0.3) is 0 Å². The Morgan fingerprint density at radius 1 is 1.18 bits per heavy atom.